The molecular weight excluding hydrogens is 308 g/mol. The predicted octanol–water partition coefficient (Wildman–Crippen LogP) is -0.144. The maximum absolute atomic E-state index is 12.1. The summed E-state index contributed by atoms with van der Waals surface area (Å²) in [5.74, 6) is -0.819. The first kappa shape index (κ1) is 18.9. The molecule has 1 rings (SSSR count). The number of rotatable bonds is 7. The van der Waals surface area contributed by atoms with E-state index in [1.807, 2.05) is 6.92 Å². The van der Waals surface area contributed by atoms with Gasteiger partial charge in [-0.25, -0.2) is 8.42 Å². The highest BCUT2D eigenvalue weighted by Gasteiger charge is 2.31. The molecule has 0 radical (unpaired) electrons. The summed E-state index contributed by atoms with van der Waals surface area (Å²) in [5.41, 5.74) is 0. The standard InChI is InChI=1S/C14H26N2O5S/c1-5-21-14(18)9(2)10(3)15-11(4)13(17)16-12-6-7-22(19,20)8-12/h9-12,15H,5-8H2,1-4H3,(H,16,17)/t9-,10+,11+,12-/m1/s1. The summed E-state index contributed by atoms with van der Waals surface area (Å²) in [5, 5.41) is 5.79. The van der Waals surface area contributed by atoms with E-state index in [1.54, 1.807) is 20.8 Å². The predicted molar refractivity (Wildman–Crippen MR) is 83.1 cm³/mol. The van der Waals surface area contributed by atoms with Gasteiger partial charge in [0.15, 0.2) is 9.84 Å². The molecule has 0 spiro atoms. The maximum Gasteiger partial charge on any atom is 0.310 e. The number of ether oxygens (including phenoxy) is 1. The topological polar surface area (TPSA) is 102 Å². The Hall–Kier alpha value is -1.15. The van der Waals surface area contributed by atoms with Gasteiger partial charge in [-0.2, -0.15) is 0 Å². The van der Waals surface area contributed by atoms with Crippen LogP contribution < -0.4 is 10.6 Å². The fourth-order valence-electron chi connectivity index (χ4n) is 2.33. The smallest absolute Gasteiger partial charge is 0.310 e. The van der Waals surface area contributed by atoms with Crippen molar-refractivity contribution in [1.29, 1.82) is 0 Å². The van der Waals surface area contributed by atoms with E-state index in [-0.39, 0.29) is 41.4 Å². The molecule has 0 unspecified atom stereocenters. The highest BCUT2D eigenvalue weighted by molar-refractivity contribution is 7.91. The second-order valence-corrected chi connectivity index (χ2v) is 8.06. The Morgan fingerprint density at radius 2 is 1.91 bits per heavy atom. The van der Waals surface area contributed by atoms with Crippen LogP contribution in [0.25, 0.3) is 0 Å². The highest BCUT2D eigenvalue weighted by atomic mass is 32.2. The van der Waals surface area contributed by atoms with E-state index >= 15 is 0 Å². The van der Waals surface area contributed by atoms with Crippen LogP contribution in [-0.4, -0.2) is 56.5 Å². The molecular formula is C14H26N2O5S. The molecule has 22 heavy (non-hydrogen) atoms. The fourth-order valence-corrected chi connectivity index (χ4v) is 4.00. The van der Waals surface area contributed by atoms with E-state index in [9.17, 15) is 18.0 Å². The highest BCUT2D eigenvalue weighted by Crippen LogP contribution is 2.12. The third-order valence-electron chi connectivity index (χ3n) is 3.89. The first-order valence-electron chi connectivity index (χ1n) is 7.59. The molecule has 7 nitrogen and oxygen atoms in total. The third-order valence-corrected chi connectivity index (χ3v) is 5.66. The van der Waals surface area contributed by atoms with Crippen LogP contribution in [0.3, 0.4) is 0 Å². The number of amides is 1. The average molecular weight is 334 g/mol. The number of hydrogen-bond acceptors (Lipinski definition) is 6. The number of esters is 1. The average Bonchev–Trinajstić information content (AvgIpc) is 2.76. The van der Waals surface area contributed by atoms with Crippen LogP contribution in [0, 0.1) is 5.92 Å². The van der Waals surface area contributed by atoms with Gasteiger partial charge < -0.3 is 15.4 Å². The van der Waals surface area contributed by atoms with Crippen molar-refractivity contribution in [3.8, 4) is 0 Å². The van der Waals surface area contributed by atoms with Crippen molar-refractivity contribution in [1.82, 2.24) is 10.6 Å². The molecule has 128 valence electrons. The molecule has 1 fully saturated rings. The van der Waals surface area contributed by atoms with Crippen LogP contribution in [0.1, 0.15) is 34.1 Å². The molecule has 0 aromatic carbocycles. The summed E-state index contributed by atoms with van der Waals surface area (Å²) in [4.78, 5) is 23.7. The van der Waals surface area contributed by atoms with Crippen molar-refractivity contribution in [3.05, 3.63) is 0 Å². The minimum Gasteiger partial charge on any atom is -0.466 e. The summed E-state index contributed by atoms with van der Waals surface area (Å²) in [6.07, 6.45) is 0.454. The number of carbonyl (C=O) groups is 2. The zero-order valence-corrected chi connectivity index (χ0v) is 14.4. The zero-order chi connectivity index (χ0) is 16.9. The summed E-state index contributed by atoms with van der Waals surface area (Å²) < 4.78 is 27.7. The summed E-state index contributed by atoms with van der Waals surface area (Å²) in [7, 11) is -3.02. The SMILES string of the molecule is CCOC(=O)[C@H](C)[C@H](C)N[C@@H](C)C(=O)N[C@@H]1CCS(=O)(=O)C1. The second-order valence-electron chi connectivity index (χ2n) is 5.83. The number of sulfone groups is 1. The van der Waals surface area contributed by atoms with Crippen molar-refractivity contribution in [2.24, 2.45) is 5.92 Å². The van der Waals surface area contributed by atoms with E-state index < -0.39 is 15.9 Å². The van der Waals surface area contributed by atoms with Crippen molar-refractivity contribution in [3.63, 3.8) is 0 Å². The van der Waals surface area contributed by atoms with Gasteiger partial charge >= 0.3 is 5.97 Å². The van der Waals surface area contributed by atoms with Crippen LogP contribution in [0.15, 0.2) is 0 Å². The van der Waals surface area contributed by atoms with Gasteiger partial charge in [-0.05, 0) is 27.2 Å². The molecule has 0 aromatic rings. The monoisotopic (exact) mass is 334 g/mol. The normalized spacial score (nSPS) is 24.3. The molecule has 0 bridgehead atoms. The molecule has 0 saturated carbocycles. The Labute approximate surface area is 132 Å². The molecule has 0 aromatic heterocycles. The van der Waals surface area contributed by atoms with Crippen LogP contribution in [0.5, 0.6) is 0 Å². The molecule has 1 aliphatic heterocycles. The van der Waals surface area contributed by atoms with E-state index in [4.69, 9.17) is 4.74 Å². The zero-order valence-electron chi connectivity index (χ0n) is 13.6. The largest absolute Gasteiger partial charge is 0.466 e. The summed E-state index contributed by atoms with van der Waals surface area (Å²) in [6, 6.07) is -1.07. The Bertz CT molecular complexity index is 505. The fraction of sp³-hybridized carbons (Fsp3) is 0.857. The lowest BCUT2D eigenvalue weighted by Gasteiger charge is -2.24. The van der Waals surface area contributed by atoms with E-state index in [1.165, 1.54) is 0 Å². The molecule has 1 aliphatic rings. The summed E-state index contributed by atoms with van der Waals surface area (Å²) in [6.45, 7) is 7.30. The van der Waals surface area contributed by atoms with E-state index in [0.29, 0.717) is 13.0 Å². The van der Waals surface area contributed by atoms with Gasteiger partial charge in [0.1, 0.15) is 0 Å². The third kappa shape index (κ3) is 5.57. The quantitative estimate of drug-likeness (QED) is 0.628. The molecule has 2 N–H and O–H groups in total. The van der Waals surface area contributed by atoms with Crippen LogP contribution in [0.2, 0.25) is 0 Å². The van der Waals surface area contributed by atoms with E-state index in [2.05, 4.69) is 10.6 Å². The Balaban J connectivity index is 2.45. The van der Waals surface area contributed by atoms with E-state index in [0.717, 1.165) is 0 Å². The first-order valence-corrected chi connectivity index (χ1v) is 9.42. The molecule has 1 saturated heterocycles. The van der Waals surface area contributed by atoms with Gasteiger partial charge in [0.2, 0.25) is 5.91 Å². The van der Waals surface area contributed by atoms with Crippen molar-refractivity contribution < 1.29 is 22.7 Å². The Kier molecular flexibility index (Phi) is 6.80. The number of nitrogens with one attached hydrogen (secondary N) is 2. The van der Waals surface area contributed by atoms with Gasteiger partial charge in [0.25, 0.3) is 0 Å². The van der Waals surface area contributed by atoms with Gasteiger partial charge in [0, 0.05) is 12.1 Å². The molecule has 8 heteroatoms. The lowest BCUT2D eigenvalue weighted by molar-refractivity contribution is -0.148. The molecule has 1 amide bonds. The van der Waals surface area contributed by atoms with Crippen LogP contribution in [0.4, 0.5) is 0 Å². The minimum absolute atomic E-state index is 0.000240. The van der Waals surface area contributed by atoms with Crippen molar-refractivity contribution in [2.75, 3.05) is 18.1 Å². The summed E-state index contributed by atoms with van der Waals surface area (Å²) >= 11 is 0. The first-order chi connectivity index (χ1) is 10.2. The van der Waals surface area contributed by atoms with Crippen molar-refractivity contribution >= 4 is 21.7 Å². The second kappa shape index (κ2) is 7.92. The van der Waals surface area contributed by atoms with Crippen LogP contribution in [-0.2, 0) is 24.2 Å². The lowest BCUT2D eigenvalue weighted by Crippen LogP contribution is -2.51. The lowest BCUT2D eigenvalue weighted by atomic mass is 10.0. The van der Waals surface area contributed by atoms with Gasteiger partial charge in [0.05, 0.1) is 30.1 Å². The minimum atomic E-state index is -3.02. The van der Waals surface area contributed by atoms with Gasteiger partial charge in [-0.3, -0.25) is 9.59 Å². The molecule has 4 atom stereocenters. The molecule has 0 aliphatic carbocycles. The van der Waals surface area contributed by atoms with Gasteiger partial charge in [-0.1, -0.05) is 6.92 Å². The maximum atomic E-state index is 12.1. The van der Waals surface area contributed by atoms with Gasteiger partial charge in [-0.15, -0.1) is 0 Å². The Morgan fingerprint density at radius 1 is 1.27 bits per heavy atom. The Morgan fingerprint density at radius 3 is 2.41 bits per heavy atom. The number of carbonyl (C=O) groups excluding carboxylic acids is 2. The number of hydrogen-bond donors (Lipinski definition) is 2. The molecule has 1 heterocycles. The van der Waals surface area contributed by atoms with Crippen LogP contribution >= 0.6 is 0 Å². The van der Waals surface area contributed by atoms with Crippen molar-refractivity contribution in [2.45, 2.75) is 52.2 Å².